The van der Waals surface area contributed by atoms with Crippen LogP contribution in [0.15, 0.2) is 21.9 Å². The second-order valence-corrected chi connectivity index (χ2v) is 7.24. The maximum absolute atomic E-state index is 11.4. The van der Waals surface area contributed by atoms with Gasteiger partial charge < -0.3 is 24.5 Å². The minimum absolute atomic E-state index is 0.276. The lowest BCUT2D eigenvalue weighted by molar-refractivity contribution is 0.0187. The number of aliphatic hydroxyl groups excluding tert-OH is 1. The Morgan fingerprint density at radius 3 is 2.41 bits per heavy atom. The summed E-state index contributed by atoms with van der Waals surface area (Å²) in [7, 11) is -9.93. The first-order valence-corrected chi connectivity index (χ1v) is 8.92. The third-order valence-corrected chi connectivity index (χ3v) is 4.56. The highest BCUT2D eigenvalue weighted by molar-refractivity contribution is 7.63. The number of ether oxygens (including phenoxy) is 1. The molecular weight excluding hydrogens is 346 g/mol. The summed E-state index contributed by atoms with van der Waals surface area (Å²) < 4.78 is 31.3. The van der Waals surface area contributed by atoms with E-state index in [0.29, 0.717) is 0 Å². The van der Waals surface area contributed by atoms with E-state index in [4.69, 9.17) is 19.6 Å². The molecule has 1 aromatic rings. The van der Waals surface area contributed by atoms with Gasteiger partial charge >= 0.3 is 21.1 Å². The molecule has 0 bridgehead atoms. The van der Waals surface area contributed by atoms with Gasteiger partial charge in [0.2, 0.25) is 0 Å². The van der Waals surface area contributed by atoms with Gasteiger partial charge in [-0.1, -0.05) is 0 Å². The highest BCUT2D eigenvalue weighted by Gasteiger charge is 2.31. The van der Waals surface area contributed by atoms with Crippen molar-refractivity contribution in [3.8, 4) is 0 Å². The van der Waals surface area contributed by atoms with E-state index in [9.17, 15) is 23.6 Å². The Morgan fingerprint density at radius 1 is 1.27 bits per heavy atom. The lowest BCUT2D eigenvalue weighted by Crippen LogP contribution is -2.34. The number of H-pyrrole nitrogens is 1. The van der Waals surface area contributed by atoms with Crippen molar-refractivity contribution in [3.63, 3.8) is 0 Å². The zero-order valence-corrected chi connectivity index (χ0v) is 12.7. The van der Waals surface area contributed by atoms with Crippen LogP contribution in [0.1, 0.15) is 0 Å². The Kier molecular flexibility index (Phi) is 6.41. The summed E-state index contributed by atoms with van der Waals surface area (Å²) in [6.45, 7) is -0.941. The number of rotatable bonds is 8. The van der Waals surface area contributed by atoms with Crippen LogP contribution in [0.25, 0.3) is 0 Å². The van der Waals surface area contributed by atoms with Gasteiger partial charge in [0.25, 0.3) is 5.56 Å². The monoisotopic (exact) mass is 360 g/mol. The number of nitrogens with zero attached hydrogens (tertiary/aromatic N) is 1. The molecule has 0 saturated carbocycles. The summed E-state index contributed by atoms with van der Waals surface area (Å²) in [5, 5.41) is 9.08. The van der Waals surface area contributed by atoms with Gasteiger partial charge in [0.05, 0.1) is 19.3 Å². The van der Waals surface area contributed by atoms with Crippen molar-refractivity contribution in [3.05, 3.63) is 33.1 Å². The first-order chi connectivity index (χ1) is 10.0. The number of aliphatic hydroxyl groups is 1. The van der Waals surface area contributed by atoms with Crippen molar-refractivity contribution < 1.29 is 38.0 Å². The molecule has 12 nitrogen and oxygen atoms in total. The lowest BCUT2D eigenvalue weighted by atomic mass is 10.3. The highest BCUT2D eigenvalue weighted by atomic mass is 31.3. The topological polar surface area (TPSA) is 188 Å². The van der Waals surface area contributed by atoms with Gasteiger partial charge in [-0.05, 0) is 0 Å². The zero-order chi connectivity index (χ0) is 17.0. The first kappa shape index (κ1) is 18.9. The molecule has 126 valence electrons. The zero-order valence-electron chi connectivity index (χ0n) is 10.9. The van der Waals surface area contributed by atoms with Crippen molar-refractivity contribution in [2.24, 2.45) is 0 Å². The fourth-order valence-corrected chi connectivity index (χ4v) is 3.28. The molecule has 22 heavy (non-hydrogen) atoms. The van der Waals surface area contributed by atoms with Crippen LogP contribution in [0, 0.1) is 0 Å². The smallest absolute Gasteiger partial charge is 0.394 e. The summed E-state index contributed by atoms with van der Waals surface area (Å²) in [4.78, 5) is 50.3. The Labute approximate surface area is 122 Å². The highest BCUT2D eigenvalue weighted by Crippen LogP contribution is 2.56. The average Bonchev–Trinajstić information content (AvgIpc) is 2.34. The molecule has 14 heteroatoms. The van der Waals surface area contributed by atoms with Crippen molar-refractivity contribution in [2.45, 2.75) is 12.6 Å². The van der Waals surface area contributed by atoms with Gasteiger partial charge in [0, 0.05) is 12.3 Å². The second-order valence-electron chi connectivity index (χ2n) is 4.07. The van der Waals surface area contributed by atoms with Gasteiger partial charge in [0.15, 0.2) is 0 Å². The van der Waals surface area contributed by atoms with Crippen molar-refractivity contribution in [1.29, 1.82) is 0 Å². The van der Waals surface area contributed by atoms with Crippen LogP contribution in [0.5, 0.6) is 0 Å². The quantitative estimate of drug-likeness (QED) is 0.330. The fraction of sp³-hybridized carbons (Fsp3) is 0.500. The van der Waals surface area contributed by atoms with Crippen LogP contribution in [0.4, 0.5) is 0 Å². The van der Waals surface area contributed by atoms with Gasteiger partial charge in [-0.2, -0.15) is 0 Å². The van der Waals surface area contributed by atoms with Crippen LogP contribution >= 0.6 is 15.4 Å². The molecule has 0 fully saturated rings. The van der Waals surface area contributed by atoms with Crippen molar-refractivity contribution in [1.82, 2.24) is 9.55 Å². The molecule has 2 atom stereocenters. The SMILES string of the molecule is O=c1ccn(C[C@@H](CO)OCP(=O)(O)OP(=O)(O)O)c(=O)[nH]1. The molecule has 0 spiro atoms. The van der Waals surface area contributed by atoms with Crippen LogP contribution < -0.4 is 11.2 Å². The molecule has 0 saturated heterocycles. The number of hydrogen-bond donors (Lipinski definition) is 5. The Bertz CT molecular complexity index is 705. The van der Waals surface area contributed by atoms with Crippen molar-refractivity contribution >= 4 is 15.4 Å². The van der Waals surface area contributed by atoms with Crippen LogP contribution in [0.3, 0.4) is 0 Å². The van der Waals surface area contributed by atoms with Gasteiger partial charge in [-0.15, -0.1) is 0 Å². The summed E-state index contributed by atoms with van der Waals surface area (Å²) in [5.41, 5.74) is -1.41. The van der Waals surface area contributed by atoms with Gasteiger partial charge in [-0.25, -0.2) is 13.7 Å². The second kappa shape index (κ2) is 7.44. The number of hydrogen-bond acceptors (Lipinski definition) is 7. The molecule has 0 amide bonds. The lowest BCUT2D eigenvalue weighted by Gasteiger charge is -2.18. The summed E-state index contributed by atoms with van der Waals surface area (Å²) in [5.74, 6) is 0. The molecule has 1 aromatic heterocycles. The Hall–Kier alpha value is -1.10. The van der Waals surface area contributed by atoms with E-state index in [0.717, 1.165) is 16.8 Å². The standard InChI is InChI=1S/C8H14N2O10P2/c11-4-6(3-10-2-1-7(12)9-8(10)13)19-5-21(14,15)20-22(16,17)18/h1-2,6,11H,3-5H2,(H,14,15)(H,9,12,13)(H2,16,17,18)/t6-/m0/s1. The van der Waals surface area contributed by atoms with E-state index in [2.05, 4.69) is 4.31 Å². The summed E-state index contributed by atoms with van der Waals surface area (Å²) in [6, 6.07) is 1.05. The normalized spacial score (nSPS) is 16.2. The fourth-order valence-electron chi connectivity index (χ4n) is 1.36. The van der Waals surface area contributed by atoms with E-state index in [1.165, 1.54) is 0 Å². The van der Waals surface area contributed by atoms with E-state index in [-0.39, 0.29) is 6.54 Å². The van der Waals surface area contributed by atoms with Crippen LogP contribution in [-0.4, -0.2) is 48.4 Å². The first-order valence-electron chi connectivity index (χ1n) is 5.63. The van der Waals surface area contributed by atoms with E-state index < -0.39 is 45.7 Å². The Morgan fingerprint density at radius 2 is 1.91 bits per heavy atom. The molecule has 0 aromatic carbocycles. The number of aromatic amines is 1. The molecule has 0 aliphatic carbocycles. The predicted molar refractivity (Wildman–Crippen MR) is 71.1 cm³/mol. The molecule has 0 radical (unpaired) electrons. The summed E-state index contributed by atoms with van der Waals surface area (Å²) >= 11 is 0. The minimum atomic E-state index is -5.19. The molecule has 1 rings (SSSR count). The summed E-state index contributed by atoms with van der Waals surface area (Å²) in [6.07, 6.45) is -1.14. The van der Waals surface area contributed by atoms with Crippen LogP contribution in [-0.2, 0) is 24.7 Å². The van der Waals surface area contributed by atoms with E-state index in [1.54, 1.807) is 0 Å². The minimum Gasteiger partial charge on any atom is -0.394 e. The Balaban J connectivity index is 2.70. The molecule has 0 aliphatic rings. The number of phosphoric acid groups is 1. The third-order valence-electron chi connectivity index (χ3n) is 2.21. The maximum Gasteiger partial charge on any atom is 0.476 e. The van der Waals surface area contributed by atoms with Gasteiger partial charge in [0.1, 0.15) is 6.35 Å². The van der Waals surface area contributed by atoms with Gasteiger partial charge in [-0.3, -0.25) is 18.9 Å². The van der Waals surface area contributed by atoms with Crippen LogP contribution in [0.2, 0.25) is 0 Å². The number of nitrogens with one attached hydrogen (secondary N) is 1. The average molecular weight is 360 g/mol. The molecule has 1 unspecified atom stereocenters. The predicted octanol–water partition coefficient (Wildman–Crippen LogP) is -1.83. The van der Waals surface area contributed by atoms with Crippen molar-refractivity contribution in [2.75, 3.05) is 13.0 Å². The third kappa shape index (κ3) is 6.77. The largest absolute Gasteiger partial charge is 0.476 e. The maximum atomic E-state index is 11.4. The van der Waals surface area contributed by atoms with E-state index in [1.807, 2.05) is 4.98 Å². The molecule has 0 aliphatic heterocycles. The number of aromatic nitrogens is 2. The van der Waals surface area contributed by atoms with E-state index >= 15 is 0 Å². The molecule has 1 heterocycles. The molecular formula is C8H14N2O10P2. The molecule has 5 N–H and O–H groups in total.